The molecule has 0 aliphatic heterocycles. The number of halogens is 1. The van der Waals surface area contributed by atoms with Gasteiger partial charge in [0.2, 0.25) is 0 Å². The number of esters is 1. The van der Waals surface area contributed by atoms with Crippen LogP contribution in [-0.4, -0.2) is 20.7 Å². The molecule has 0 bridgehead atoms. The average Bonchev–Trinajstić information content (AvgIpc) is 3.10. The van der Waals surface area contributed by atoms with Gasteiger partial charge in [-0.1, -0.05) is 18.2 Å². The molecular weight excluding hydrogens is 381 g/mol. The summed E-state index contributed by atoms with van der Waals surface area (Å²) < 4.78 is 21.3. The third-order valence-corrected chi connectivity index (χ3v) is 4.69. The molecule has 2 aromatic carbocycles. The van der Waals surface area contributed by atoms with Crippen LogP contribution in [0.2, 0.25) is 0 Å². The lowest BCUT2D eigenvalue weighted by molar-refractivity contribution is 0.0370. The Labute approximate surface area is 173 Å². The molecule has 150 valence electrons. The van der Waals surface area contributed by atoms with Gasteiger partial charge < -0.3 is 4.74 Å². The lowest BCUT2D eigenvalue weighted by Gasteiger charge is -2.18. The molecule has 4 rings (SSSR count). The van der Waals surface area contributed by atoms with E-state index in [0.29, 0.717) is 16.8 Å². The highest BCUT2D eigenvalue weighted by Gasteiger charge is 2.22. The van der Waals surface area contributed by atoms with E-state index in [4.69, 9.17) is 4.74 Å². The Hall–Kier alpha value is -3.80. The normalized spacial score (nSPS) is 11.8. The number of benzene rings is 2. The Kier molecular flexibility index (Phi) is 5.39. The SMILES string of the molecule is Cc1cc(C)n(-c2ccc(C(=O)OC(c3cccc(F)c3)c3ccccn3)cc2)n1. The number of pyridine rings is 1. The molecule has 0 saturated heterocycles. The van der Waals surface area contributed by atoms with Gasteiger partial charge in [-0.15, -0.1) is 0 Å². The number of aromatic nitrogens is 3. The monoisotopic (exact) mass is 401 g/mol. The van der Waals surface area contributed by atoms with Crippen molar-refractivity contribution in [1.29, 1.82) is 0 Å². The maximum Gasteiger partial charge on any atom is 0.339 e. The highest BCUT2D eigenvalue weighted by atomic mass is 19.1. The maximum absolute atomic E-state index is 13.8. The van der Waals surface area contributed by atoms with Crippen molar-refractivity contribution in [2.75, 3.05) is 0 Å². The summed E-state index contributed by atoms with van der Waals surface area (Å²) >= 11 is 0. The van der Waals surface area contributed by atoms with Crippen LogP contribution in [0.15, 0.2) is 79.0 Å². The van der Waals surface area contributed by atoms with Crippen molar-refractivity contribution >= 4 is 5.97 Å². The van der Waals surface area contributed by atoms with E-state index in [1.165, 1.54) is 12.1 Å². The zero-order chi connectivity index (χ0) is 21.1. The zero-order valence-corrected chi connectivity index (χ0v) is 16.6. The number of hydrogen-bond donors (Lipinski definition) is 0. The van der Waals surface area contributed by atoms with Crippen LogP contribution in [0.25, 0.3) is 5.69 Å². The van der Waals surface area contributed by atoms with Gasteiger partial charge in [0.05, 0.1) is 22.6 Å². The summed E-state index contributed by atoms with van der Waals surface area (Å²) in [5.41, 5.74) is 4.20. The van der Waals surface area contributed by atoms with Crippen molar-refractivity contribution < 1.29 is 13.9 Å². The van der Waals surface area contributed by atoms with E-state index in [-0.39, 0.29) is 0 Å². The number of carbonyl (C=O) groups is 1. The number of nitrogens with zero attached hydrogens (tertiary/aromatic N) is 3. The molecule has 30 heavy (non-hydrogen) atoms. The van der Waals surface area contributed by atoms with Gasteiger partial charge in [-0.2, -0.15) is 5.10 Å². The van der Waals surface area contributed by atoms with E-state index in [0.717, 1.165) is 17.1 Å². The Morgan fingerprint density at radius 1 is 1.00 bits per heavy atom. The minimum absolute atomic E-state index is 0.387. The molecule has 2 aromatic heterocycles. The van der Waals surface area contributed by atoms with Crippen LogP contribution < -0.4 is 0 Å². The van der Waals surface area contributed by atoms with Gasteiger partial charge in [0, 0.05) is 17.5 Å². The second-order valence-corrected chi connectivity index (χ2v) is 6.98. The molecule has 1 atom stereocenters. The fourth-order valence-electron chi connectivity index (χ4n) is 3.30. The van der Waals surface area contributed by atoms with E-state index in [2.05, 4.69) is 10.1 Å². The first-order valence-corrected chi connectivity index (χ1v) is 9.52. The Balaban J connectivity index is 1.60. The van der Waals surface area contributed by atoms with Gasteiger partial charge in [0.1, 0.15) is 5.82 Å². The Morgan fingerprint density at radius 3 is 2.43 bits per heavy atom. The third kappa shape index (κ3) is 4.12. The van der Waals surface area contributed by atoms with Crippen LogP contribution in [0.3, 0.4) is 0 Å². The Bertz CT molecular complexity index is 1170. The molecule has 0 aliphatic rings. The van der Waals surface area contributed by atoms with Crippen LogP contribution in [0.1, 0.15) is 39.1 Å². The molecule has 6 heteroatoms. The number of aryl methyl sites for hydroxylation is 2. The quantitative estimate of drug-likeness (QED) is 0.443. The van der Waals surface area contributed by atoms with Crippen molar-refractivity contribution in [2.45, 2.75) is 20.0 Å². The largest absolute Gasteiger partial charge is 0.447 e. The minimum atomic E-state index is -0.815. The van der Waals surface area contributed by atoms with Crippen molar-refractivity contribution in [3.05, 3.63) is 113 Å². The molecule has 0 radical (unpaired) electrons. The molecule has 0 amide bonds. The fourth-order valence-corrected chi connectivity index (χ4v) is 3.30. The number of carbonyl (C=O) groups excluding carboxylic acids is 1. The highest BCUT2D eigenvalue weighted by Crippen LogP contribution is 2.26. The summed E-state index contributed by atoms with van der Waals surface area (Å²) in [6, 6.07) is 20.3. The lowest BCUT2D eigenvalue weighted by Crippen LogP contribution is -2.14. The van der Waals surface area contributed by atoms with E-state index < -0.39 is 17.9 Å². The second kappa shape index (κ2) is 8.29. The second-order valence-electron chi connectivity index (χ2n) is 6.98. The lowest BCUT2D eigenvalue weighted by atomic mass is 10.1. The first-order chi connectivity index (χ1) is 14.5. The smallest absolute Gasteiger partial charge is 0.339 e. The molecule has 0 N–H and O–H groups in total. The van der Waals surface area contributed by atoms with E-state index in [1.807, 2.05) is 36.7 Å². The molecule has 2 heterocycles. The predicted octanol–water partition coefficient (Wildman–Crippen LogP) is 4.97. The zero-order valence-electron chi connectivity index (χ0n) is 16.6. The summed E-state index contributed by atoms with van der Waals surface area (Å²) in [7, 11) is 0. The molecule has 4 aromatic rings. The van der Waals surface area contributed by atoms with Gasteiger partial charge in [0.25, 0.3) is 0 Å². The predicted molar refractivity (Wildman–Crippen MR) is 111 cm³/mol. The van der Waals surface area contributed by atoms with E-state index >= 15 is 0 Å². The number of rotatable bonds is 5. The van der Waals surface area contributed by atoms with Crippen LogP contribution in [0, 0.1) is 19.7 Å². The van der Waals surface area contributed by atoms with Gasteiger partial charge in [-0.05, 0) is 68.4 Å². The van der Waals surface area contributed by atoms with Gasteiger partial charge in [-0.25, -0.2) is 13.9 Å². The standard InChI is InChI=1S/C24H20FN3O2/c1-16-14-17(2)28(27-16)21-11-9-18(10-12-21)24(29)30-23(22-8-3-4-13-26-22)19-6-5-7-20(25)15-19/h3-15,23H,1-2H3. The molecule has 0 aliphatic carbocycles. The van der Waals surface area contributed by atoms with Crippen LogP contribution in [0.4, 0.5) is 4.39 Å². The molecule has 0 spiro atoms. The Morgan fingerprint density at radius 2 is 1.80 bits per heavy atom. The van der Waals surface area contributed by atoms with Crippen molar-refractivity contribution in [3.63, 3.8) is 0 Å². The molecule has 0 fully saturated rings. The topological polar surface area (TPSA) is 57.0 Å². The van der Waals surface area contributed by atoms with Crippen LogP contribution >= 0.6 is 0 Å². The fraction of sp³-hybridized carbons (Fsp3) is 0.125. The highest BCUT2D eigenvalue weighted by molar-refractivity contribution is 5.90. The first kappa shape index (κ1) is 19.5. The summed E-state index contributed by atoms with van der Waals surface area (Å²) in [6.07, 6.45) is 0.795. The van der Waals surface area contributed by atoms with Crippen LogP contribution in [0.5, 0.6) is 0 Å². The van der Waals surface area contributed by atoms with Gasteiger partial charge in [0.15, 0.2) is 6.10 Å². The first-order valence-electron chi connectivity index (χ1n) is 9.52. The number of hydrogen-bond acceptors (Lipinski definition) is 4. The average molecular weight is 401 g/mol. The molecule has 1 unspecified atom stereocenters. The molecule has 5 nitrogen and oxygen atoms in total. The summed E-state index contributed by atoms with van der Waals surface area (Å²) in [6.45, 7) is 3.90. The molecular formula is C24H20FN3O2. The van der Waals surface area contributed by atoms with Crippen molar-refractivity contribution in [2.24, 2.45) is 0 Å². The van der Waals surface area contributed by atoms with E-state index in [1.54, 1.807) is 48.7 Å². The van der Waals surface area contributed by atoms with E-state index in [9.17, 15) is 9.18 Å². The van der Waals surface area contributed by atoms with Crippen molar-refractivity contribution in [3.8, 4) is 5.69 Å². The third-order valence-electron chi connectivity index (χ3n) is 4.69. The van der Waals surface area contributed by atoms with Gasteiger partial charge in [-0.3, -0.25) is 4.98 Å². The molecule has 0 saturated carbocycles. The summed E-state index contributed by atoms with van der Waals surface area (Å²) in [5, 5.41) is 4.45. The minimum Gasteiger partial charge on any atom is -0.447 e. The number of ether oxygens (including phenoxy) is 1. The maximum atomic E-state index is 13.8. The van der Waals surface area contributed by atoms with Crippen molar-refractivity contribution in [1.82, 2.24) is 14.8 Å². The van der Waals surface area contributed by atoms with Gasteiger partial charge >= 0.3 is 5.97 Å². The summed E-state index contributed by atoms with van der Waals surface area (Å²) in [5.74, 6) is -0.923. The van der Waals surface area contributed by atoms with Crippen LogP contribution in [-0.2, 0) is 4.74 Å². The summed E-state index contributed by atoms with van der Waals surface area (Å²) in [4.78, 5) is 17.1.